The summed E-state index contributed by atoms with van der Waals surface area (Å²) in [5.41, 5.74) is 2.30. The summed E-state index contributed by atoms with van der Waals surface area (Å²) in [6, 6.07) is 8.38. The molecular weight excluding hydrogens is 488 g/mol. The fourth-order valence-corrected chi connectivity index (χ4v) is 8.25. The van der Waals surface area contributed by atoms with E-state index in [1.807, 2.05) is 11.3 Å². The Bertz CT molecular complexity index is 1650. The van der Waals surface area contributed by atoms with E-state index in [9.17, 15) is 16.8 Å². The molecular formula is C23H26N6O4S2. The first-order valence-electron chi connectivity index (χ1n) is 11.7. The van der Waals surface area contributed by atoms with Gasteiger partial charge in [0.05, 0.1) is 21.9 Å². The van der Waals surface area contributed by atoms with Crippen LogP contribution in [0.1, 0.15) is 43.5 Å². The number of fused-ring (bicyclic) bond motifs is 3. The molecule has 0 N–H and O–H groups in total. The lowest BCUT2D eigenvalue weighted by atomic mass is 9.93. The molecule has 1 saturated heterocycles. The summed E-state index contributed by atoms with van der Waals surface area (Å²) >= 11 is 0. The monoisotopic (exact) mass is 514 g/mol. The van der Waals surface area contributed by atoms with Crippen molar-refractivity contribution in [2.24, 2.45) is 5.92 Å². The van der Waals surface area contributed by atoms with Crippen LogP contribution < -0.4 is 0 Å². The minimum Gasteiger partial charge on any atom is -0.274 e. The first kappa shape index (κ1) is 22.6. The molecule has 1 aliphatic heterocycles. The molecule has 0 bridgehead atoms. The number of hydrogen-bond donors (Lipinski definition) is 0. The van der Waals surface area contributed by atoms with Crippen LogP contribution in [-0.4, -0.2) is 63.0 Å². The van der Waals surface area contributed by atoms with Gasteiger partial charge in [-0.3, -0.25) is 4.40 Å². The standard InChI is InChI=1S/C23H26N6O4S2/c1-3-16-13-27(34(30,31)17-8-9-17)14-19(16)22-26-25-21-12-24-23-20(29(21)22)10-11-28(23)35(32,33)18-6-4-15(2)5-7-18/h4-7,10-12,16-17,19H,3,8-9,13-14H2,1-2H3/t16-,19+/m0/s1. The number of aryl methyl sites for hydroxylation is 1. The molecule has 10 nitrogen and oxygen atoms in total. The molecule has 0 unspecified atom stereocenters. The Hall–Kier alpha value is -2.83. The summed E-state index contributed by atoms with van der Waals surface area (Å²) in [4.78, 5) is 4.57. The maximum Gasteiger partial charge on any atom is 0.269 e. The SMILES string of the molecule is CC[C@H]1CN(S(=O)(=O)C2CC2)C[C@H]1c1nnc2cnc3c(ccn3S(=O)(=O)c3ccc(C)cc3)n12. The molecule has 0 spiro atoms. The van der Waals surface area contributed by atoms with E-state index < -0.39 is 20.0 Å². The van der Waals surface area contributed by atoms with Crippen LogP contribution in [0.4, 0.5) is 0 Å². The van der Waals surface area contributed by atoms with Gasteiger partial charge in [-0.2, -0.15) is 0 Å². The van der Waals surface area contributed by atoms with Crippen molar-refractivity contribution >= 4 is 36.9 Å². The molecule has 0 radical (unpaired) electrons. The quantitative estimate of drug-likeness (QED) is 0.388. The van der Waals surface area contributed by atoms with Crippen LogP contribution in [0.25, 0.3) is 16.8 Å². The summed E-state index contributed by atoms with van der Waals surface area (Å²) in [7, 11) is -7.15. The van der Waals surface area contributed by atoms with Gasteiger partial charge in [-0.05, 0) is 43.9 Å². The van der Waals surface area contributed by atoms with E-state index >= 15 is 0 Å². The Labute approximate surface area is 203 Å². The summed E-state index contributed by atoms with van der Waals surface area (Å²) in [5, 5.41) is 8.46. The zero-order chi connectivity index (χ0) is 24.5. The third-order valence-electron chi connectivity index (χ3n) is 7.21. The van der Waals surface area contributed by atoms with Crippen molar-refractivity contribution in [1.82, 2.24) is 27.9 Å². The average Bonchev–Trinajstić information content (AvgIpc) is 3.27. The summed E-state index contributed by atoms with van der Waals surface area (Å²) in [6.07, 6.45) is 5.25. The molecule has 1 aromatic carbocycles. The second-order valence-electron chi connectivity index (χ2n) is 9.48. The Kier molecular flexibility index (Phi) is 5.07. The van der Waals surface area contributed by atoms with E-state index in [1.165, 1.54) is 16.4 Å². The predicted molar refractivity (Wildman–Crippen MR) is 130 cm³/mol. The van der Waals surface area contributed by atoms with Gasteiger partial charge in [-0.25, -0.2) is 30.1 Å². The molecule has 1 saturated carbocycles. The van der Waals surface area contributed by atoms with Gasteiger partial charge in [0.1, 0.15) is 5.82 Å². The lowest BCUT2D eigenvalue weighted by Gasteiger charge is -2.15. The van der Waals surface area contributed by atoms with Crippen LogP contribution in [0.3, 0.4) is 0 Å². The van der Waals surface area contributed by atoms with E-state index in [4.69, 9.17) is 0 Å². The van der Waals surface area contributed by atoms with Gasteiger partial charge in [-0.1, -0.05) is 31.0 Å². The molecule has 6 rings (SSSR count). The highest BCUT2D eigenvalue weighted by Gasteiger charge is 2.46. The fraction of sp³-hybridized carbons (Fsp3) is 0.435. The Morgan fingerprint density at radius 1 is 1.00 bits per heavy atom. The van der Waals surface area contributed by atoms with Gasteiger partial charge in [0.15, 0.2) is 11.3 Å². The molecule has 184 valence electrons. The normalized spacial score (nSPS) is 21.9. The second kappa shape index (κ2) is 7.84. The molecule has 2 atom stereocenters. The highest BCUT2D eigenvalue weighted by molar-refractivity contribution is 7.90. The summed E-state index contributed by atoms with van der Waals surface area (Å²) in [5.74, 6) is 0.585. The Morgan fingerprint density at radius 2 is 1.74 bits per heavy atom. The average molecular weight is 515 g/mol. The van der Waals surface area contributed by atoms with E-state index in [1.54, 1.807) is 34.6 Å². The third-order valence-corrected chi connectivity index (χ3v) is 11.2. The lowest BCUT2D eigenvalue weighted by molar-refractivity contribution is 0.449. The largest absolute Gasteiger partial charge is 0.274 e. The van der Waals surface area contributed by atoms with Crippen LogP contribution in [0.15, 0.2) is 47.6 Å². The van der Waals surface area contributed by atoms with Crippen molar-refractivity contribution in [2.75, 3.05) is 13.1 Å². The molecule has 4 aromatic rings. The first-order valence-corrected chi connectivity index (χ1v) is 14.7. The highest BCUT2D eigenvalue weighted by atomic mass is 32.2. The van der Waals surface area contributed by atoms with Gasteiger partial charge in [0, 0.05) is 25.2 Å². The molecule has 4 heterocycles. The zero-order valence-corrected chi connectivity index (χ0v) is 21.1. The Balaban J connectivity index is 1.46. The second-order valence-corrected chi connectivity index (χ2v) is 13.5. The molecule has 12 heteroatoms. The lowest BCUT2D eigenvalue weighted by Crippen LogP contribution is -2.32. The number of hydrogen-bond acceptors (Lipinski definition) is 7. The molecule has 3 aromatic heterocycles. The Morgan fingerprint density at radius 3 is 2.43 bits per heavy atom. The van der Waals surface area contributed by atoms with Crippen molar-refractivity contribution in [3.8, 4) is 0 Å². The molecule has 2 aliphatic rings. The van der Waals surface area contributed by atoms with Gasteiger partial charge >= 0.3 is 0 Å². The molecule has 0 amide bonds. The minimum absolute atomic E-state index is 0.0949. The van der Waals surface area contributed by atoms with Crippen molar-refractivity contribution in [3.05, 3.63) is 54.1 Å². The summed E-state index contributed by atoms with van der Waals surface area (Å²) < 4.78 is 57.2. The van der Waals surface area contributed by atoms with Gasteiger partial charge in [-0.15, -0.1) is 10.2 Å². The maximum atomic E-state index is 13.4. The third kappa shape index (κ3) is 3.49. The molecule has 35 heavy (non-hydrogen) atoms. The number of nitrogens with zero attached hydrogens (tertiary/aromatic N) is 6. The number of sulfonamides is 1. The number of aromatic nitrogens is 5. The van der Waals surface area contributed by atoms with Crippen LogP contribution >= 0.6 is 0 Å². The molecule has 2 fully saturated rings. The van der Waals surface area contributed by atoms with E-state index in [-0.39, 0.29) is 27.6 Å². The molecule has 1 aliphatic carbocycles. The van der Waals surface area contributed by atoms with Crippen LogP contribution in [0.2, 0.25) is 0 Å². The first-order chi connectivity index (χ1) is 16.7. The van der Waals surface area contributed by atoms with Crippen molar-refractivity contribution in [2.45, 2.75) is 49.2 Å². The van der Waals surface area contributed by atoms with Gasteiger partial charge < -0.3 is 0 Å². The summed E-state index contributed by atoms with van der Waals surface area (Å²) in [6.45, 7) is 4.77. The topological polar surface area (TPSA) is 120 Å². The van der Waals surface area contributed by atoms with Gasteiger partial charge in [0.25, 0.3) is 10.0 Å². The van der Waals surface area contributed by atoms with Crippen molar-refractivity contribution < 1.29 is 16.8 Å². The van der Waals surface area contributed by atoms with Crippen molar-refractivity contribution in [3.63, 3.8) is 0 Å². The predicted octanol–water partition coefficient (Wildman–Crippen LogP) is 2.54. The van der Waals surface area contributed by atoms with Crippen LogP contribution in [-0.2, 0) is 20.0 Å². The highest BCUT2D eigenvalue weighted by Crippen LogP contribution is 2.40. The maximum absolute atomic E-state index is 13.4. The van der Waals surface area contributed by atoms with Crippen LogP contribution in [0.5, 0.6) is 0 Å². The van der Waals surface area contributed by atoms with Gasteiger partial charge in [0.2, 0.25) is 10.0 Å². The number of benzene rings is 1. The fourth-order valence-electron chi connectivity index (χ4n) is 5.03. The van der Waals surface area contributed by atoms with E-state index in [0.29, 0.717) is 30.1 Å². The van der Waals surface area contributed by atoms with E-state index in [0.717, 1.165) is 24.8 Å². The van der Waals surface area contributed by atoms with Crippen molar-refractivity contribution in [1.29, 1.82) is 0 Å². The smallest absolute Gasteiger partial charge is 0.269 e. The van der Waals surface area contributed by atoms with E-state index in [2.05, 4.69) is 22.1 Å². The zero-order valence-electron chi connectivity index (χ0n) is 19.4. The van der Waals surface area contributed by atoms with Crippen LogP contribution in [0, 0.1) is 12.8 Å². The minimum atomic E-state index is -3.86. The number of rotatable bonds is 6.